The van der Waals surface area contributed by atoms with Crippen molar-refractivity contribution in [3.63, 3.8) is 0 Å². The second-order valence-corrected chi connectivity index (χ2v) is 7.13. The molecule has 1 aromatic carbocycles. The molecule has 0 spiro atoms. The van der Waals surface area contributed by atoms with Gasteiger partial charge in [-0.1, -0.05) is 37.1 Å². The highest BCUT2D eigenvalue weighted by Gasteiger charge is 2.20. The molecule has 0 atom stereocenters. The molecule has 0 amide bonds. The van der Waals surface area contributed by atoms with Crippen molar-refractivity contribution in [2.24, 2.45) is 0 Å². The van der Waals surface area contributed by atoms with Gasteiger partial charge >= 0.3 is 0 Å². The molecule has 7 heteroatoms. The number of fused-ring (bicyclic) bond motifs is 1. The van der Waals surface area contributed by atoms with Crippen molar-refractivity contribution in [3.8, 4) is 0 Å². The van der Waals surface area contributed by atoms with Gasteiger partial charge in [0.1, 0.15) is 5.82 Å². The van der Waals surface area contributed by atoms with Crippen LogP contribution in [0.2, 0.25) is 0 Å². The number of tetrazole rings is 1. The van der Waals surface area contributed by atoms with Crippen molar-refractivity contribution in [2.75, 3.05) is 0 Å². The Kier molecular flexibility index (Phi) is 4.03. The van der Waals surface area contributed by atoms with E-state index in [1.165, 1.54) is 37.7 Å². The fourth-order valence-corrected chi connectivity index (χ4v) is 4.03. The molecule has 1 aliphatic rings. The third kappa shape index (κ3) is 3.10. The molecule has 3 aromatic rings. The summed E-state index contributed by atoms with van der Waals surface area (Å²) >= 11 is 1.65. The van der Waals surface area contributed by atoms with Crippen LogP contribution in [-0.4, -0.2) is 30.2 Å². The van der Waals surface area contributed by atoms with Gasteiger partial charge in [-0.15, -0.1) is 5.10 Å². The van der Waals surface area contributed by atoms with E-state index < -0.39 is 0 Å². The summed E-state index contributed by atoms with van der Waals surface area (Å²) in [4.78, 5) is 8.03. The zero-order valence-corrected chi connectivity index (χ0v) is 14.0. The van der Waals surface area contributed by atoms with Crippen LogP contribution in [0.25, 0.3) is 11.0 Å². The van der Waals surface area contributed by atoms with Crippen molar-refractivity contribution >= 4 is 22.8 Å². The number of rotatable bonds is 4. The van der Waals surface area contributed by atoms with Gasteiger partial charge in [0.15, 0.2) is 0 Å². The largest absolute Gasteiger partial charge is 0.341 e. The summed E-state index contributed by atoms with van der Waals surface area (Å²) in [7, 11) is 0. The molecule has 6 nitrogen and oxygen atoms in total. The minimum absolute atomic E-state index is 0.458. The number of imidazole rings is 1. The zero-order chi connectivity index (χ0) is 15.6. The molecule has 2 heterocycles. The Balaban J connectivity index is 1.49. The van der Waals surface area contributed by atoms with Crippen molar-refractivity contribution in [2.45, 2.75) is 56.0 Å². The smallest absolute Gasteiger partial charge is 0.210 e. The van der Waals surface area contributed by atoms with Crippen LogP contribution in [0.1, 0.15) is 49.5 Å². The summed E-state index contributed by atoms with van der Waals surface area (Å²) < 4.78 is 2.01. The van der Waals surface area contributed by atoms with Crippen LogP contribution < -0.4 is 0 Å². The van der Waals surface area contributed by atoms with Crippen LogP contribution in [0.4, 0.5) is 0 Å². The number of aromatic amines is 1. The van der Waals surface area contributed by atoms with E-state index in [9.17, 15) is 0 Å². The summed E-state index contributed by atoms with van der Waals surface area (Å²) in [6, 6.07) is 6.73. The predicted molar refractivity (Wildman–Crippen MR) is 90.3 cm³/mol. The van der Waals surface area contributed by atoms with E-state index in [4.69, 9.17) is 0 Å². The topological polar surface area (TPSA) is 72.3 Å². The van der Waals surface area contributed by atoms with E-state index in [0.717, 1.165) is 27.8 Å². The van der Waals surface area contributed by atoms with E-state index in [-0.39, 0.29) is 0 Å². The summed E-state index contributed by atoms with van der Waals surface area (Å²) in [5, 5.41) is 13.2. The Morgan fingerprint density at radius 3 is 3.00 bits per heavy atom. The van der Waals surface area contributed by atoms with E-state index >= 15 is 0 Å². The molecule has 1 N–H and O–H groups in total. The molecular formula is C16H20N6S. The molecular weight excluding hydrogens is 308 g/mol. The maximum atomic E-state index is 4.64. The van der Waals surface area contributed by atoms with Gasteiger partial charge < -0.3 is 4.98 Å². The van der Waals surface area contributed by atoms with Crippen LogP contribution >= 0.6 is 11.8 Å². The van der Waals surface area contributed by atoms with E-state index in [1.807, 2.05) is 4.68 Å². The van der Waals surface area contributed by atoms with Gasteiger partial charge in [0.05, 0.1) is 22.8 Å². The lowest BCUT2D eigenvalue weighted by atomic mass is 9.96. The molecule has 0 saturated heterocycles. The van der Waals surface area contributed by atoms with Crippen LogP contribution in [0.3, 0.4) is 0 Å². The van der Waals surface area contributed by atoms with Gasteiger partial charge in [-0.3, -0.25) is 0 Å². The lowest BCUT2D eigenvalue weighted by Gasteiger charge is -2.21. The van der Waals surface area contributed by atoms with Crippen LogP contribution in [0, 0.1) is 6.92 Å². The molecule has 0 radical (unpaired) electrons. The van der Waals surface area contributed by atoms with Gasteiger partial charge in [-0.05, 0) is 47.9 Å². The van der Waals surface area contributed by atoms with Crippen LogP contribution in [-0.2, 0) is 5.75 Å². The van der Waals surface area contributed by atoms with Crippen molar-refractivity contribution in [3.05, 3.63) is 29.6 Å². The maximum Gasteiger partial charge on any atom is 0.210 e. The van der Waals surface area contributed by atoms with Crippen LogP contribution in [0.15, 0.2) is 23.4 Å². The Morgan fingerprint density at radius 1 is 1.26 bits per heavy atom. The molecule has 23 heavy (non-hydrogen) atoms. The van der Waals surface area contributed by atoms with Crippen molar-refractivity contribution in [1.82, 2.24) is 30.2 Å². The number of hydrogen-bond donors (Lipinski definition) is 1. The number of aromatic nitrogens is 6. The van der Waals surface area contributed by atoms with Gasteiger partial charge in [0.2, 0.25) is 5.16 Å². The number of nitrogens with zero attached hydrogens (tertiary/aromatic N) is 5. The summed E-state index contributed by atoms with van der Waals surface area (Å²) in [6.45, 7) is 2.09. The van der Waals surface area contributed by atoms with E-state index in [2.05, 4.69) is 50.6 Å². The number of aryl methyl sites for hydroxylation is 1. The number of hydrogen-bond acceptors (Lipinski definition) is 5. The monoisotopic (exact) mass is 328 g/mol. The maximum absolute atomic E-state index is 4.64. The minimum Gasteiger partial charge on any atom is -0.341 e. The Labute approximate surface area is 139 Å². The zero-order valence-electron chi connectivity index (χ0n) is 13.2. The van der Waals surface area contributed by atoms with Crippen molar-refractivity contribution < 1.29 is 0 Å². The van der Waals surface area contributed by atoms with Gasteiger partial charge in [0, 0.05) is 0 Å². The Morgan fingerprint density at radius 2 is 2.13 bits per heavy atom. The fraction of sp³-hybridized carbons (Fsp3) is 0.500. The highest BCUT2D eigenvalue weighted by atomic mass is 32.2. The molecule has 120 valence electrons. The second kappa shape index (κ2) is 6.31. The molecule has 0 bridgehead atoms. The SMILES string of the molecule is Cc1ccc2nc(CSc3nnnn3C3CCCCC3)[nH]c2c1. The first-order chi connectivity index (χ1) is 11.3. The number of H-pyrrole nitrogens is 1. The lowest BCUT2D eigenvalue weighted by molar-refractivity contribution is 0.307. The molecule has 1 aliphatic carbocycles. The first-order valence-electron chi connectivity index (χ1n) is 8.15. The second-order valence-electron chi connectivity index (χ2n) is 6.19. The van der Waals surface area contributed by atoms with Gasteiger partial charge in [0.25, 0.3) is 0 Å². The number of thioether (sulfide) groups is 1. The number of nitrogens with one attached hydrogen (secondary N) is 1. The van der Waals surface area contributed by atoms with Crippen LogP contribution in [0.5, 0.6) is 0 Å². The molecule has 0 aliphatic heterocycles. The summed E-state index contributed by atoms with van der Waals surface area (Å²) in [5.74, 6) is 1.72. The summed E-state index contributed by atoms with van der Waals surface area (Å²) in [5.41, 5.74) is 3.34. The quantitative estimate of drug-likeness (QED) is 0.740. The highest BCUT2D eigenvalue weighted by Crippen LogP contribution is 2.31. The molecule has 2 aromatic heterocycles. The normalized spacial score (nSPS) is 16.2. The van der Waals surface area contributed by atoms with E-state index in [1.54, 1.807) is 11.8 Å². The predicted octanol–water partition coefficient (Wildman–Crippen LogP) is 3.66. The summed E-state index contributed by atoms with van der Waals surface area (Å²) in [6.07, 6.45) is 6.25. The lowest BCUT2D eigenvalue weighted by Crippen LogP contribution is -2.15. The molecule has 1 fully saturated rings. The van der Waals surface area contributed by atoms with Gasteiger partial charge in [-0.25, -0.2) is 9.67 Å². The first-order valence-corrected chi connectivity index (χ1v) is 9.14. The molecule has 0 unspecified atom stereocenters. The average molecular weight is 328 g/mol. The number of benzene rings is 1. The average Bonchev–Trinajstić information content (AvgIpc) is 3.19. The molecule has 4 rings (SSSR count). The minimum atomic E-state index is 0.458. The Hall–Kier alpha value is -1.89. The fourth-order valence-electron chi connectivity index (χ4n) is 3.21. The highest BCUT2D eigenvalue weighted by molar-refractivity contribution is 7.98. The third-order valence-corrected chi connectivity index (χ3v) is 5.35. The molecule has 1 saturated carbocycles. The Bertz CT molecular complexity index is 802. The van der Waals surface area contributed by atoms with E-state index in [0.29, 0.717) is 6.04 Å². The van der Waals surface area contributed by atoms with Crippen molar-refractivity contribution in [1.29, 1.82) is 0 Å². The standard InChI is InChI=1S/C16H20N6S/c1-11-7-8-13-14(9-11)18-15(17-13)10-23-16-19-20-21-22(16)12-5-3-2-4-6-12/h7-9,12H,2-6,10H2,1H3,(H,17,18). The third-order valence-electron chi connectivity index (χ3n) is 4.41. The first kappa shape index (κ1) is 14.7. The van der Waals surface area contributed by atoms with Gasteiger partial charge in [-0.2, -0.15) is 0 Å².